The summed E-state index contributed by atoms with van der Waals surface area (Å²) < 4.78 is 5.31. The van der Waals surface area contributed by atoms with E-state index < -0.39 is 0 Å². The van der Waals surface area contributed by atoms with E-state index in [1.54, 1.807) is 11.3 Å². The lowest BCUT2D eigenvalue weighted by Gasteiger charge is -2.16. The fraction of sp³-hybridized carbons (Fsp3) is 0.333. The van der Waals surface area contributed by atoms with E-state index in [2.05, 4.69) is 14.4 Å². The van der Waals surface area contributed by atoms with Crippen molar-refractivity contribution < 1.29 is 0 Å². The molecule has 0 bridgehead atoms. The summed E-state index contributed by atoms with van der Waals surface area (Å²) >= 11 is 6.98. The zero-order chi connectivity index (χ0) is 11.7. The molecule has 0 amide bonds. The molecule has 0 saturated heterocycles. The SMILES string of the molecule is S=c1sc(=Nc2ccccc2)n2n1CCCC2. The summed E-state index contributed by atoms with van der Waals surface area (Å²) in [5.41, 5.74) is 0.991. The van der Waals surface area contributed by atoms with Gasteiger partial charge in [0.25, 0.3) is 0 Å². The van der Waals surface area contributed by atoms with Crippen LogP contribution in [0.25, 0.3) is 0 Å². The number of hydrogen-bond acceptors (Lipinski definition) is 3. The highest BCUT2D eigenvalue weighted by Gasteiger charge is 2.10. The van der Waals surface area contributed by atoms with Gasteiger partial charge in [-0.05, 0) is 37.2 Å². The molecule has 0 unspecified atom stereocenters. The van der Waals surface area contributed by atoms with Crippen LogP contribution < -0.4 is 4.80 Å². The lowest BCUT2D eigenvalue weighted by molar-refractivity contribution is 0.350. The number of benzene rings is 1. The highest BCUT2D eigenvalue weighted by molar-refractivity contribution is 7.73. The van der Waals surface area contributed by atoms with Gasteiger partial charge in [0, 0.05) is 13.1 Å². The molecule has 2 heterocycles. The van der Waals surface area contributed by atoms with Gasteiger partial charge in [0.1, 0.15) is 0 Å². The summed E-state index contributed by atoms with van der Waals surface area (Å²) in [6.07, 6.45) is 2.43. The second-order valence-electron chi connectivity index (χ2n) is 4.05. The Hall–Kier alpha value is -1.20. The van der Waals surface area contributed by atoms with Gasteiger partial charge < -0.3 is 0 Å². The van der Waals surface area contributed by atoms with Crippen molar-refractivity contribution in [2.75, 3.05) is 0 Å². The van der Waals surface area contributed by atoms with Gasteiger partial charge in [-0.2, -0.15) is 0 Å². The smallest absolute Gasteiger partial charge is 0.207 e. The molecule has 5 heteroatoms. The van der Waals surface area contributed by atoms with Crippen molar-refractivity contribution in [2.24, 2.45) is 4.99 Å². The van der Waals surface area contributed by atoms with E-state index in [0.717, 1.165) is 27.5 Å². The van der Waals surface area contributed by atoms with E-state index in [1.165, 1.54) is 12.8 Å². The van der Waals surface area contributed by atoms with Crippen LogP contribution in [0.4, 0.5) is 5.69 Å². The summed E-state index contributed by atoms with van der Waals surface area (Å²) in [4.78, 5) is 5.68. The molecule has 1 aliphatic heterocycles. The largest absolute Gasteiger partial charge is 0.264 e. The van der Waals surface area contributed by atoms with Crippen molar-refractivity contribution in [3.8, 4) is 0 Å². The molecular weight excluding hydrogens is 250 g/mol. The van der Waals surface area contributed by atoms with Gasteiger partial charge in [0.2, 0.25) is 4.80 Å². The van der Waals surface area contributed by atoms with E-state index in [0.29, 0.717) is 0 Å². The number of nitrogens with zero attached hydrogens (tertiary/aromatic N) is 3. The van der Waals surface area contributed by atoms with E-state index in [1.807, 2.05) is 30.3 Å². The summed E-state index contributed by atoms with van der Waals surface area (Å²) in [6, 6.07) is 10.0. The van der Waals surface area contributed by atoms with Crippen LogP contribution in [0.5, 0.6) is 0 Å². The molecule has 0 atom stereocenters. The molecule has 1 aromatic carbocycles. The van der Waals surface area contributed by atoms with Gasteiger partial charge in [0.15, 0.2) is 3.95 Å². The van der Waals surface area contributed by atoms with Crippen LogP contribution in [0.2, 0.25) is 0 Å². The number of hydrogen-bond donors (Lipinski definition) is 0. The molecule has 0 aliphatic carbocycles. The lowest BCUT2D eigenvalue weighted by Crippen LogP contribution is -2.27. The van der Waals surface area contributed by atoms with Crippen LogP contribution >= 0.6 is 23.6 Å². The summed E-state index contributed by atoms with van der Waals surface area (Å²) in [6.45, 7) is 2.05. The third-order valence-electron chi connectivity index (χ3n) is 2.87. The Balaban J connectivity index is 2.16. The van der Waals surface area contributed by atoms with Gasteiger partial charge in [-0.15, -0.1) is 0 Å². The van der Waals surface area contributed by atoms with Crippen molar-refractivity contribution in [3.63, 3.8) is 0 Å². The first kappa shape index (κ1) is 10.9. The zero-order valence-electron chi connectivity index (χ0n) is 9.37. The van der Waals surface area contributed by atoms with Crippen molar-refractivity contribution >= 4 is 29.2 Å². The first-order valence-corrected chi connectivity index (χ1v) is 6.97. The molecule has 0 N–H and O–H groups in total. The third-order valence-corrected chi connectivity index (χ3v) is 4.20. The molecule has 2 aromatic rings. The Kier molecular flexibility index (Phi) is 2.94. The van der Waals surface area contributed by atoms with Crippen LogP contribution in [0, 0.1) is 3.95 Å². The second-order valence-corrected chi connectivity index (χ2v) is 5.65. The van der Waals surface area contributed by atoms with Crippen LogP contribution in [-0.4, -0.2) is 9.36 Å². The van der Waals surface area contributed by atoms with Gasteiger partial charge in [-0.1, -0.05) is 29.5 Å². The average Bonchev–Trinajstić information content (AvgIpc) is 2.69. The van der Waals surface area contributed by atoms with E-state index in [-0.39, 0.29) is 0 Å². The fourth-order valence-corrected chi connectivity index (χ4v) is 3.34. The molecular formula is C12H13N3S2. The Morgan fingerprint density at radius 2 is 1.76 bits per heavy atom. The molecule has 3 nitrogen and oxygen atoms in total. The summed E-state index contributed by atoms with van der Waals surface area (Å²) in [5, 5.41) is 0. The standard InChI is InChI=1S/C12H13N3S2/c16-12-15-9-5-4-8-14(15)11(17-12)13-10-6-2-1-3-7-10/h1-3,6-7H,4-5,8-9H2. The normalized spacial score (nSPS) is 15.9. The van der Waals surface area contributed by atoms with Gasteiger partial charge in [-0.3, -0.25) is 9.36 Å². The molecule has 1 aliphatic rings. The van der Waals surface area contributed by atoms with Crippen molar-refractivity contribution in [1.29, 1.82) is 0 Å². The molecule has 0 radical (unpaired) electrons. The highest BCUT2D eigenvalue weighted by Crippen LogP contribution is 2.12. The van der Waals surface area contributed by atoms with Crippen LogP contribution in [0.3, 0.4) is 0 Å². The first-order valence-electron chi connectivity index (χ1n) is 5.75. The van der Waals surface area contributed by atoms with E-state index >= 15 is 0 Å². The second kappa shape index (κ2) is 4.58. The van der Waals surface area contributed by atoms with E-state index in [9.17, 15) is 0 Å². The molecule has 0 saturated carbocycles. The quantitative estimate of drug-likeness (QED) is 0.725. The topological polar surface area (TPSA) is 22.2 Å². The Morgan fingerprint density at radius 3 is 2.53 bits per heavy atom. The maximum Gasteiger partial charge on any atom is 0.207 e. The zero-order valence-corrected chi connectivity index (χ0v) is 11.0. The number of aromatic nitrogens is 2. The summed E-state index contributed by atoms with van der Waals surface area (Å²) in [7, 11) is 0. The van der Waals surface area contributed by atoms with Crippen molar-refractivity contribution in [3.05, 3.63) is 39.1 Å². The van der Waals surface area contributed by atoms with Crippen LogP contribution in [0.15, 0.2) is 35.3 Å². The predicted molar refractivity (Wildman–Crippen MR) is 72.0 cm³/mol. The average molecular weight is 263 g/mol. The monoisotopic (exact) mass is 263 g/mol. The Morgan fingerprint density at radius 1 is 1.06 bits per heavy atom. The molecule has 17 heavy (non-hydrogen) atoms. The van der Waals surface area contributed by atoms with Gasteiger partial charge in [-0.25, -0.2) is 4.99 Å². The van der Waals surface area contributed by atoms with Crippen molar-refractivity contribution in [2.45, 2.75) is 25.9 Å². The van der Waals surface area contributed by atoms with E-state index in [4.69, 9.17) is 12.2 Å². The summed E-state index contributed by atoms with van der Waals surface area (Å²) in [5.74, 6) is 0. The highest BCUT2D eigenvalue weighted by atomic mass is 32.1. The van der Waals surface area contributed by atoms with Gasteiger partial charge >= 0.3 is 0 Å². The van der Waals surface area contributed by atoms with Gasteiger partial charge in [0.05, 0.1) is 5.69 Å². The molecule has 0 fully saturated rings. The van der Waals surface area contributed by atoms with Crippen molar-refractivity contribution in [1.82, 2.24) is 9.36 Å². The van der Waals surface area contributed by atoms with Crippen LogP contribution in [0.1, 0.15) is 12.8 Å². The number of rotatable bonds is 1. The minimum atomic E-state index is 0.930. The maximum absolute atomic E-state index is 5.38. The fourth-order valence-electron chi connectivity index (χ4n) is 2.03. The van der Waals surface area contributed by atoms with Crippen LogP contribution in [-0.2, 0) is 13.1 Å². The Labute approximate surface area is 109 Å². The lowest BCUT2D eigenvalue weighted by atomic mass is 10.3. The number of fused-ring (bicyclic) bond motifs is 1. The minimum absolute atomic E-state index is 0.930. The molecule has 88 valence electrons. The minimum Gasteiger partial charge on any atom is -0.264 e. The number of para-hydroxylation sites is 1. The predicted octanol–water partition coefficient (Wildman–Crippen LogP) is 3.11. The molecule has 3 rings (SSSR count). The maximum atomic E-state index is 5.38. The molecule has 0 spiro atoms. The first-order chi connectivity index (χ1) is 8.34. The third kappa shape index (κ3) is 2.12. The molecule has 1 aromatic heterocycles. The Bertz CT molecular complexity index is 634.